The fourth-order valence-corrected chi connectivity index (χ4v) is 3.62. The lowest BCUT2D eigenvalue weighted by Gasteiger charge is -2.32. The SMILES string of the molecule is CNC(=O)c1cc(C(=O)N[C@H]2C[C@H](O)C2)cn(Cc2cccc3[nH]ccc23)c1=O. The molecule has 1 aliphatic rings. The number of aromatic nitrogens is 2. The molecule has 29 heavy (non-hydrogen) atoms. The van der Waals surface area contributed by atoms with Crippen LogP contribution in [-0.2, 0) is 6.54 Å². The molecule has 150 valence electrons. The largest absolute Gasteiger partial charge is 0.393 e. The summed E-state index contributed by atoms with van der Waals surface area (Å²) in [6.07, 6.45) is 3.92. The number of amides is 2. The average Bonchev–Trinajstić information content (AvgIpc) is 3.17. The summed E-state index contributed by atoms with van der Waals surface area (Å²) in [5.74, 6) is -0.919. The van der Waals surface area contributed by atoms with Gasteiger partial charge in [0.2, 0.25) is 0 Å². The molecule has 3 aromatic rings. The van der Waals surface area contributed by atoms with E-state index >= 15 is 0 Å². The second-order valence-corrected chi connectivity index (χ2v) is 7.31. The van der Waals surface area contributed by atoms with E-state index in [1.165, 1.54) is 23.9 Å². The normalized spacial score (nSPS) is 18.3. The number of aliphatic hydroxyl groups excluding tert-OH is 1. The Balaban J connectivity index is 1.72. The van der Waals surface area contributed by atoms with Crippen molar-refractivity contribution in [3.05, 3.63) is 69.8 Å². The van der Waals surface area contributed by atoms with Crippen molar-refractivity contribution < 1.29 is 14.7 Å². The van der Waals surface area contributed by atoms with Crippen molar-refractivity contribution in [2.45, 2.75) is 31.5 Å². The molecule has 8 nitrogen and oxygen atoms in total. The van der Waals surface area contributed by atoms with Crippen LogP contribution in [0.5, 0.6) is 0 Å². The highest BCUT2D eigenvalue weighted by Gasteiger charge is 2.29. The van der Waals surface area contributed by atoms with Crippen molar-refractivity contribution in [3.63, 3.8) is 0 Å². The first kappa shape index (κ1) is 18.9. The van der Waals surface area contributed by atoms with Gasteiger partial charge in [-0.25, -0.2) is 0 Å². The van der Waals surface area contributed by atoms with Crippen LogP contribution in [0.25, 0.3) is 10.9 Å². The molecule has 1 aliphatic carbocycles. The summed E-state index contributed by atoms with van der Waals surface area (Å²) in [7, 11) is 1.44. The number of nitrogens with one attached hydrogen (secondary N) is 3. The lowest BCUT2D eigenvalue weighted by atomic mass is 9.89. The van der Waals surface area contributed by atoms with E-state index in [4.69, 9.17) is 0 Å². The van der Waals surface area contributed by atoms with Crippen LogP contribution in [-0.4, -0.2) is 45.7 Å². The van der Waals surface area contributed by atoms with E-state index in [0.717, 1.165) is 16.5 Å². The van der Waals surface area contributed by atoms with Crippen molar-refractivity contribution in [1.82, 2.24) is 20.2 Å². The Kier molecular flexibility index (Phi) is 4.94. The molecule has 0 saturated heterocycles. The molecule has 4 rings (SSSR count). The Labute approximate surface area is 166 Å². The highest BCUT2D eigenvalue weighted by Crippen LogP contribution is 2.20. The van der Waals surface area contributed by atoms with Crippen LogP contribution < -0.4 is 16.2 Å². The fraction of sp³-hybridized carbons (Fsp3) is 0.286. The summed E-state index contributed by atoms with van der Waals surface area (Å²) in [5, 5.41) is 15.7. The van der Waals surface area contributed by atoms with Crippen LogP contribution in [0, 0.1) is 0 Å². The number of nitrogens with zero attached hydrogens (tertiary/aromatic N) is 1. The molecule has 0 spiro atoms. The number of pyridine rings is 1. The first-order chi connectivity index (χ1) is 14.0. The molecule has 0 bridgehead atoms. The van der Waals surface area contributed by atoms with Gasteiger partial charge in [-0.1, -0.05) is 12.1 Å². The molecular formula is C21H22N4O4. The summed E-state index contributed by atoms with van der Waals surface area (Å²) >= 11 is 0. The third-order valence-electron chi connectivity index (χ3n) is 5.29. The van der Waals surface area contributed by atoms with Gasteiger partial charge in [-0.3, -0.25) is 14.4 Å². The van der Waals surface area contributed by atoms with Crippen LogP contribution in [0.2, 0.25) is 0 Å². The minimum atomic E-state index is -0.544. The van der Waals surface area contributed by atoms with Gasteiger partial charge in [0.25, 0.3) is 17.4 Å². The second-order valence-electron chi connectivity index (χ2n) is 7.31. The number of rotatable bonds is 5. The maximum atomic E-state index is 12.9. The minimum Gasteiger partial charge on any atom is -0.393 e. The smallest absolute Gasteiger partial charge is 0.263 e. The third kappa shape index (κ3) is 3.66. The molecule has 2 amide bonds. The van der Waals surface area contributed by atoms with Gasteiger partial charge in [-0.05, 0) is 36.6 Å². The van der Waals surface area contributed by atoms with Gasteiger partial charge in [0, 0.05) is 36.4 Å². The number of benzene rings is 1. The zero-order chi connectivity index (χ0) is 20.5. The molecule has 1 aromatic carbocycles. The van der Waals surface area contributed by atoms with Crippen LogP contribution in [0.3, 0.4) is 0 Å². The maximum Gasteiger partial charge on any atom is 0.263 e. The van der Waals surface area contributed by atoms with Gasteiger partial charge in [-0.15, -0.1) is 0 Å². The van der Waals surface area contributed by atoms with Gasteiger partial charge in [0.05, 0.1) is 18.2 Å². The first-order valence-electron chi connectivity index (χ1n) is 9.46. The number of aliphatic hydroxyl groups is 1. The van der Waals surface area contributed by atoms with E-state index in [1.54, 1.807) is 0 Å². The highest BCUT2D eigenvalue weighted by molar-refractivity contribution is 5.99. The Hall–Kier alpha value is -3.39. The maximum absolute atomic E-state index is 12.9. The van der Waals surface area contributed by atoms with Crippen molar-refractivity contribution in [3.8, 4) is 0 Å². The Morgan fingerprint density at radius 1 is 1.24 bits per heavy atom. The molecule has 2 heterocycles. The number of carbonyl (C=O) groups is 2. The number of hydrogen-bond donors (Lipinski definition) is 4. The van der Waals surface area contributed by atoms with E-state index in [0.29, 0.717) is 12.8 Å². The van der Waals surface area contributed by atoms with Gasteiger partial charge < -0.3 is 25.3 Å². The van der Waals surface area contributed by atoms with Crippen molar-refractivity contribution in [2.75, 3.05) is 7.05 Å². The standard InChI is InChI=1S/C21H22N4O4/c1-22-20(28)17-7-13(19(27)24-14-8-15(26)9-14)11-25(21(17)29)10-12-3-2-4-18-16(12)5-6-23-18/h2-7,11,14-15,23,26H,8-10H2,1H3,(H,22,28)(H,24,27)/t14-,15-. The molecule has 8 heteroatoms. The van der Waals surface area contributed by atoms with Crippen LogP contribution in [0.15, 0.2) is 47.5 Å². The molecule has 0 unspecified atom stereocenters. The predicted octanol–water partition coefficient (Wildman–Crippen LogP) is 0.991. The third-order valence-corrected chi connectivity index (χ3v) is 5.29. The van der Waals surface area contributed by atoms with Crippen molar-refractivity contribution in [2.24, 2.45) is 0 Å². The number of H-pyrrole nitrogens is 1. The van der Waals surface area contributed by atoms with E-state index < -0.39 is 17.6 Å². The molecule has 0 radical (unpaired) electrons. The summed E-state index contributed by atoms with van der Waals surface area (Å²) in [6, 6.07) is 8.87. The monoisotopic (exact) mass is 394 g/mol. The molecule has 0 aliphatic heterocycles. The van der Waals surface area contributed by atoms with E-state index in [9.17, 15) is 19.5 Å². The lowest BCUT2D eigenvalue weighted by Crippen LogP contribution is -2.47. The number of hydrogen-bond acceptors (Lipinski definition) is 4. The number of carbonyl (C=O) groups excluding carboxylic acids is 2. The van der Waals surface area contributed by atoms with E-state index in [2.05, 4.69) is 15.6 Å². The van der Waals surface area contributed by atoms with Gasteiger partial charge in [0.1, 0.15) is 5.56 Å². The molecule has 2 aromatic heterocycles. The number of fused-ring (bicyclic) bond motifs is 1. The summed E-state index contributed by atoms with van der Waals surface area (Å²) in [4.78, 5) is 40.9. The van der Waals surface area contributed by atoms with Crippen LogP contribution >= 0.6 is 0 Å². The average molecular weight is 394 g/mol. The van der Waals surface area contributed by atoms with Gasteiger partial charge >= 0.3 is 0 Å². The van der Waals surface area contributed by atoms with Crippen LogP contribution in [0.4, 0.5) is 0 Å². The summed E-state index contributed by atoms with van der Waals surface area (Å²) in [6.45, 7) is 0.223. The van der Waals surface area contributed by atoms with Crippen molar-refractivity contribution in [1.29, 1.82) is 0 Å². The zero-order valence-electron chi connectivity index (χ0n) is 15.9. The molecule has 1 saturated carbocycles. The second kappa shape index (κ2) is 7.56. The Morgan fingerprint density at radius 2 is 2.03 bits per heavy atom. The quantitative estimate of drug-likeness (QED) is 0.516. The summed E-state index contributed by atoms with van der Waals surface area (Å²) < 4.78 is 1.39. The molecule has 0 atom stereocenters. The molecule has 1 fully saturated rings. The van der Waals surface area contributed by atoms with E-state index in [1.807, 2.05) is 30.5 Å². The predicted molar refractivity (Wildman–Crippen MR) is 108 cm³/mol. The highest BCUT2D eigenvalue weighted by atomic mass is 16.3. The Bertz CT molecular complexity index is 1140. The number of aromatic amines is 1. The molecule has 4 N–H and O–H groups in total. The lowest BCUT2D eigenvalue weighted by molar-refractivity contribution is 0.0562. The fourth-order valence-electron chi connectivity index (χ4n) is 3.62. The first-order valence-corrected chi connectivity index (χ1v) is 9.46. The van der Waals surface area contributed by atoms with E-state index in [-0.39, 0.29) is 29.6 Å². The summed E-state index contributed by atoms with van der Waals surface area (Å²) in [5.41, 5.74) is 1.52. The Morgan fingerprint density at radius 3 is 2.76 bits per heavy atom. The molecular weight excluding hydrogens is 372 g/mol. The van der Waals surface area contributed by atoms with Crippen molar-refractivity contribution >= 4 is 22.7 Å². The zero-order valence-corrected chi connectivity index (χ0v) is 15.9. The van der Waals surface area contributed by atoms with Gasteiger partial charge in [0.15, 0.2) is 0 Å². The van der Waals surface area contributed by atoms with Crippen LogP contribution in [0.1, 0.15) is 39.1 Å². The minimum absolute atomic E-state index is 0.0879. The topological polar surface area (TPSA) is 116 Å². The van der Waals surface area contributed by atoms with Gasteiger partial charge in [-0.2, -0.15) is 0 Å².